The molecular weight excluding hydrogens is 234 g/mol. The molecule has 0 aromatic carbocycles. The van der Waals surface area contributed by atoms with Gasteiger partial charge in [0, 0.05) is 0 Å². The highest BCUT2D eigenvalue weighted by atomic mass is 32.2. The van der Waals surface area contributed by atoms with Crippen LogP contribution in [0.15, 0.2) is 22.7 Å². The summed E-state index contributed by atoms with van der Waals surface area (Å²) < 4.78 is 0. The van der Waals surface area contributed by atoms with E-state index in [0.717, 1.165) is 18.0 Å². The Labute approximate surface area is 92.7 Å². The number of nitrogens with one attached hydrogen (secondary N) is 1. The molecule has 0 unspecified atom stereocenters. The molecule has 0 atom stereocenters. The molecule has 3 N–H and O–H groups in total. The molecule has 2 rings (SSSR count). The van der Waals surface area contributed by atoms with Crippen molar-refractivity contribution in [3.8, 4) is 0 Å². The van der Waals surface area contributed by atoms with Crippen molar-refractivity contribution in [3.05, 3.63) is 22.6 Å². The second kappa shape index (κ2) is 4.10. The molecule has 9 nitrogen and oxygen atoms in total. The van der Waals surface area contributed by atoms with Crippen molar-refractivity contribution < 1.29 is 4.92 Å². The number of hydrogen-bond acceptors (Lipinski definition) is 8. The minimum atomic E-state index is -0.585. The lowest BCUT2D eigenvalue weighted by molar-refractivity contribution is -0.388. The van der Waals surface area contributed by atoms with E-state index in [1.807, 2.05) is 0 Å². The molecule has 0 bridgehead atoms. The summed E-state index contributed by atoms with van der Waals surface area (Å²) in [6.07, 6.45) is 2.35. The van der Waals surface area contributed by atoms with Gasteiger partial charge in [-0.2, -0.15) is 10.1 Å². The lowest BCUT2D eigenvalue weighted by Gasteiger charge is -1.99. The number of nitrogens with two attached hydrogens (primary N) is 1. The van der Waals surface area contributed by atoms with Crippen molar-refractivity contribution in [2.45, 2.75) is 10.2 Å². The van der Waals surface area contributed by atoms with E-state index in [4.69, 9.17) is 5.73 Å². The van der Waals surface area contributed by atoms with Crippen molar-refractivity contribution in [1.29, 1.82) is 0 Å². The fourth-order valence-electron chi connectivity index (χ4n) is 0.908. The van der Waals surface area contributed by atoms with Crippen molar-refractivity contribution in [2.75, 3.05) is 5.73 Å². The summed E-state index contributed by atoms with van der Waals surface area (Å²) in [7, 11) is 0. The third kappa shape index (κ3) is 2.06. The SMILES string of the molecule is Nc1ncc([N+](=O)[O-])c(Sc2ncn[nH]2)n1. The van der Waals surface area contributed by atoms with Crippen LogP contribution in [0, 0.1) is 10.1 Å². The average molecular weight is 239 g/mol. The van der Waals surface area contributed by atoms with Crippen LogP contribution in [0.1, 0.15) is 0 Å². The summed E-state index contributed by atoms with van der Waals surface area (Å²) in [5.41, 5.74) is 5.13. The Hall–Kier alpha value is -2.23. The highest BCUT2D eigenvalue weighted by Gasteiger charge is 2.18. The summed E-state index contributed by atoms with van der Waals surface area (Å²) in [5, 5.41) is 17.4. The van der Waals surface area contributed by atoms with Gasteiger partial charge in [0.05, 0.1) is 4.92 Å². The molecule has 0 aliphatic heterocycles. The van der Waals surface area contributed by atoms with Crippen LogP contribution >= 0.6 is 11.8 Å². The minimum absolute atomic E-state index is 0.0346. The zero-order chi connectivity index (χ0) is 11.5. The van der Waals surface area contributed by atoms with Gasteiger partial charge in [-0.3, -0.25) is 15.2 Å². The smallest absolute Gasteiger partial charge is 0.320 e. The lowest BCUT2D eigenvalue weighted by Crippen LogP contribution is -2.00. The molecule has 0 amide bonds. The second-order valence-corrected chi connectivity index (χ2v) is 3.55. The predicted molar refractivity (Wildman–Crippen MR) is 53.6 cm³/mol. The van der Waals surface area contributed by atoms with Crippen LogP contribution in [0.25, 0.3) is 0 Å². The number of nitrogens with zero attached hydrogens (tertiary/aromatic N) is 5. The monoisotopic (exact) mass is 239 g/mol. The predicted octanol–water partition coefficient (Wildman–Crippen LogP) is 0.236. The Morgan fingerprint density at radius 1 is 1.50 bits per heavy atom. The highest BCUT2D eigenvalue weighted by molar-refractivity contribution is 7.99. The third-order valence-electron chi connectivity index (χ3n) is 1.54. The van der Waals surface area contributed by atoms with Crippen molar-refractivity contribution >= 4 is 23.4 Å². The number of aromatic nitrogens is 5. The molecule has 0 saturated heterocycles. The van der Waals surface area contributed by atoms with Gasteiger partial charge in [-0.15, -0.1) is 0 Å². The lowest BCUT2D eigenvalue weighted by atomic mass is 10.5. The van der Waals surface area contributed by atoms with Gasteiger partial charge in [-0.1, -0.05) is 0 Å². The van der Waals surface area contributed by atoms with Crippen LogP contribution in [0.3, 0.4) is 0 Å². The molecule has 0 aliphatic carbocycles. The summed E-state index contributed by atoms with van der Waals surface area (Å²) in [4.78, 5) is 21.2. The maximum Gasteiger partial charge on any atom is 0.320 e. The summed E-state index contributed by atoms with van der Waals surface area (Å²) >= 11 is 0.961. The largest absolute Gasteiger partial charge is 0.368 e. The van der Waals surface area contributed by atoms with Crippen LogP contribution in [0.5, 0.6) is 0 Å². The van der Waals surface area contributed by atoms with E-state index < -0.39 is 4.92 Å². The molecule has 2 aromatic rings. The van der Waals surface area contributed by atoms with Crippen LogP contribution in [-0.2, 0) is 0 Å². The molecule has 0 spiro atoms. The highest BCUT2D eigenvalue weighted by Crippen LogP contribution is 2.30. The number of nitrogen functional groups attached to an aromatic ring is 1. The molecule has 2 heterocycles. The van der Waals surface area contributed by atoms with E-state index in [1.54, 1.807) is 0 Å². The van der Waals surface area contributed by atoms with E-state index in [-0.39, 0.29) is 16.7 Å². The topological polar surface area (TPSA) is 137 Å². The van der Waals surface area contributed by atoms with Crippen LogP contribution in [-0.4, -0.2) is 30.1 Å². The van der Waals surface area contributed by atoms with Gasteiger partial charge < -0.3 is 5.73 Å². The Morgan fingerprint density at radius 2 is 2.31 bits per heavy atom. The van der Waals surface area contributed by atoms with Crippen LogP contribution in [0.2, 0.25) is 0 Å². The Kier molecular flexibility index (Phi) is 2.64. The van der Waals surface area contributed by atoms with Gasteiger partial charge in [-0.25, -0.2) is 9.97 Å². The van der Waals surface area contributed by atoms with Gasteiger partial charge in [-0.05, 0) is 11.8 Å². The molecule has 0 saturated carbocycles. The van der Waals surface area contributed by atoms with Crippen molar-refractivity contribution in [2.24, 2.45) is 0 Å². The summed E-state index contributed by atoms with van der Waals surface area (Å²) in [6, 6.07) is 0. The van der Waals surface area contributed by atoms with E-state index in [1.165, 1.54) is 6.33 Å². The van der Waals surface area contributed by atoms with Gasteiger partial charge in [0.25, 0.3) is 0 Å². The molecule has 0 fully saturated rings. The molecule has 2 aromatic heterocycles. The molecular formula is C6H5N7O2S. The molecule has 16 heavy (non-hydrogen) atoms. The number of nitro groups is 1. The Bertz CT molecular complexity index is 514. The van der Waals surface area contributed by atoms with Gasteiger partial charge in [0.1, 0.15) is 12.5 Å². The first-order valence-electron chi connectivity index (χ1n) is 3.97. The Morgan fingerprint density at radius 3 is 2.94 bits per heavy atom. The van der Waals surface area contributed by atoms with E-state index in [2.05, 4.69) is 25.1 Å². The van der Waals surface area contributed by atoms with Gasteiger partial charge in [0.2, 0.25) is 5.95 Å². The zero-order valence-corrected chi connectivity index (χ0v) is 8.51. The fraction of sp³-hybridized carbons (Fsp3) is 0. The molecule has 0 radical (unpaired) electrons. The average Bonchev–Trinajstić information content (AvgIpc) is 2.70. The van der Waals surface area contributed by atoms with E-state index in [0.29, 0.717) is 5.16 Å². The maximum absolute atomic E-state index is 10.7. The minimum Gasteiger partial charge on any atom is -0.368 e. The first-order valence-corrected chi connectivity index (χ1v) is 4.78. The normalized spacial score (nSPS) is 10.2. The van der Waals surface area contributed by atoms with E-state index in [9.17, 15) is 10.1 Å². The summed E-state index contributed by atoms with van der Waals surface area (Å²) in [6.45, 7) is 0. The Balaban J connectivity index is 2.38. The zero-order valence-electron chi connectivity index (χ0n) is 7.69. The van der Waals surface area contributed by atoms with E-state index >= 15 is 0 Å². The van der Waals surface area contributed by atoms with Crippen LogP contribution < -0.4 is 5.73 Å². The first-order chi connectivity index (χ1) is 7.66. The quantitative estimate of drug-likeness (QED) is 0.441. The number of rotatable bonds is 3. The fourth-order valence-corrected chi connectivity index (χ4v) is 1.66. The number of hydrogen-bond donors (Lipinski definition) is 2. The number of H-pyrrole nitrogens is 1. The third-order valence-corrected chi connectivity index (χ3v) is 2.42. The van der Waals surface area contributed by atoms with Gasteiger partial charge >= 0.3 is 5.69 Å². The standard InChI is InChI=1S/C6H5N7O2S/c7-5-8-1-3(13(14)15)4(11-5)16-6-9-2-10-12-6/h1-2H,(H2,7,8,11)(H,9,10,12). The van der Waals surface area contributed by atoms with Crippen LogP contribution in [0.4, 0.5) is 11.6 Å². The maximum atomic E-state index is 10.7. The molecule has 10 heteroatoms. The molecule has 82 valence electrons. The summed E-state index contributed by atoms with van der Waals surface area (Å²) in [5.74, 6) is -0.0346. The van der Waals surface area contributed by atoms with Gasteiger partial charge in [0.15, 0.2) is 10.2 Å². The number of aromatic amines is 1. The first kappa shape index (κ1) is 10.3. The second-order valence-electron chi connectivity index (χ2n) is 2.57. The number of anilines is 1. The van der Waals surface area contributed by atoms with Crippen molar-refractivity contribution in [1.82, 2.24) is 25.1 Å². The van der Waals surface area contributed by atoms with Crippen molar-refractivity contribution in [3.63, 3.8) is 0 Å². The molecule has 0 aliphatic rings.